The monoisotopic (exact) mass is 258 g/mol. The summed E-state index contributed by atoms with van der Waals surface area (Å²) in [6.45, 7) is 0. The van der Waals surface area contributed by atoms with Crippen molar-refractivity contribution in [1.29, 1.82) is 0 Å². The average Bonchev–Trinajstić information content (AvgIpc) is 2.13. The third-order valence-corrected chi connectivity index (χ3v) is 1.91. The predicted molar refractivity (Wildman–Crippen MR) is 43.3 cm³/mol. The normalized spacial score (nSPS) is 11.9. The number of carboxylic acids is 1. The first-order valence-electron chi connectivity index (χ1n) is 4.06. The molecule has 0 atom stereocenters. The number of alkyl halides is 5. The molecule has 1 aromatic carbocycles. The van der Waals surface area contributed by atoms with Crippen molar-refractivity contribution in [1.82, 2.24) is 0 Å². The molecule has 0 aliphatic carbocycles. The van der Waals surface area contributed by atoms with Crippen LogP contribution >= 0.6 is 0 Å². The van der Waals surface area contributed by atoms with Gasteiger partial charge in [0.25, 0.3) is 6.43 Å². The van der Waals surface area contributed by atoms with Crippen LogP contribution in [0.5, 0.6) is 0 Å². The van der Waals surface area contributed by atoms with Crippen molar-refractivity contribution in [2.24, 2.45) is 0 Å². The van der Waals surface area contributed by atoms with Gasteiger partial charge in [0, 0.05) is 0 Å². The summed E-state index contributed by atoms with van der Waals surface area (Å²) in [4.78, 5) is 10.5. The maximum absolute atomic E-state index is 13.0. The van der Waals surface area contributed by atoms with E-state index in [1.165, 1.54) is 0 Å². The Bertz CT molecular complexity index is 452. The molecule has 0 aliphatic rings. The lowest BCUT2D eigenvalue weighted by atomic mass is 10.0. The van der Waals surface area contributed by atoms with Crippen LogP contribution in [0.4, 0.5) is 26.3 Å². The second-order valence-electron chi connectivity index (χ2n) is 3.02. The summed E-state index contributed by atoms with van der Waals surface area (Å²) in [6.07, 6.45) is -8.52. The molecule has 1 aromatic rings. The number of halogens is 6. The minimum Gasteiger partial charge on any atom is -0.478 e. The molecule has 0 amide bonds. The maximum Gasteiger partial charge on any atom is 0.416 e. The lowest BCUT2D eigenvalue weighted by Crippen LogP contribution is -2.12. The topological polar surface area (TPSA) is 37.3 Å². The summed E-state index contributed by atoms with van der Waals surface area (Å²) in [5, 5.41) is 8.46. The van der Waals surface area contributed by atoms with Crippen LogP contribution in [-0.4, -0.2) is 11.1 Å². The third kappa shape index (κ3) is 2.69. The fraction of sp³-hybridized carbons (Fsp3) is 0.222. The summed E-state index contributed by atoms with van der Waals surface area (Å²) in [5.74, 6) is -3.95. The predicted octanol–water partition coefficient (Wildman–Crippen LogP) is 3.48. The fourth-order valence-corrected chi connectivity index (χ4v) is 1.18. The highest BCUT2D eigenvalue weighted by Crippen LogP contribution is 2.34. The van der Waals surface area contributed by atoms with E-state index in [2.05, 4.69) is 0 Å². The van der Waals surface area contributed by atoms with Crippen molar-refractivity contribution in [3.05, 3.63) is 34.6 Å². The van der Waals surface area contributed by atoms with E-state index in [9.17, 15) is 31.1 Å². The molecule has 0 fully saturated rings. The summed E-state index contributed by atoms with van der Waals surface area (Å²) in [7, 11) is 0. The molecule has 0 bridgehead atoms. The van der Waals surface area contributed by atoms with Gasteiger partial charge in [-0.1, -0.05) is 0 Å². The van der Waals surface area contributed by atoms with Gasteiger partial charge in [0.05, 0.1) is 16.7 Å². The fourth-order valence-electron chi connectivity index (χ4n) is 1.18. The Morgan fingerprint density at radius 1 is 1.24 bits per heavy atom. The molecule has 8 heteroatoms. The van der Waals surface area contributed by atoms with E-state index in [-0.39, 0.29) is 12.1 Å². The van der Waals surface area contributed by atoms with Crippen molar-refractivity contribution < 1.29 is 36.2 Å². The van der Waals surface area contributed by atoms with Gasteiger partial charge in [-0.3, -0.25) is 0 Å². The van der Waals surface area contributed by atoms with E-state index in [0.717, 1.165) is 0 Å². The molecule has 0 aliphatic heterocycles. The molecule has 0 saturated heterocycles. The zero-order valence-corrected chi connectivity index (χ0v) is 7.86. The number of rotatable bonds is 2. The molecule has 0 unspecified atom stereocenters. The molecule has 94 valence electrons. The molecular weight excluding hydrogens is 254 g/mol. The molecule has 1 N–H and O–H groups in total. The Balaban J connectivity index is 3.53. The lowest BCUT2D eigenvalue weighted by molar-refractivity contribution is -0.137. The van der Waals surface area contributed by atoms with Crippen molar-refractivity contribution >= 4 is 5.97 Å². The molecule has 0 spiro atoms. The Hall–Kier alpha value is -1.73. The highest BCUT2D eigenvalue weighted by atomic mass is 19.4. The van der Waals surface area contributed by atoms with E-state index in [1.54, 1.807) is 0 Å². The van der Waals surface area contributed by atoms with Gasteiger partial charge in [-0.05, 0) is 12.1 Å². The molecule has 0 heterocycles. The van der Waals surface area contributed by atoms with Gasteiger partial charge < -0.3 is 5.11 Å². The van der Waals surface area contributed by atoms with E-state index >= 15 is 0 Å². The van der Waals surface area contributed by atoms with Gasteiger partial charge in [-0.15, -0.1) is 0 Å². The number of aromatic carboxylic acids is 1. The quantitative estimate of drug-likeness (QED) is 0.824. The van der Waals surface area contributed by atoms with Gasteiger partial charge in [-0.25, -0.2) is 18.0 Å². The molecule has 17 heavy (non-hydrogen) atoms. The first-order chi connectivity index (χ1) is 7.64. The summed E-state index contributed by atoms with van der Waals surface area (Å²) < 4.78 is 74.2. The van der Waals surface area contributed by atoms with Crippen LogP contribution < -0.4 is 0 Å². The second kappa shape index (κ2) is 4.27. The highest BCUT2D eigenvalue weighted by molar-refractivity contribution is 5.89. The smallest absolute Gasteiger partial charge is 0.416 e. The van der Waals surface area contributed by atoms with Gasteiger partial charge in [-0.2, -0.15) is 13.2 Å². The first-order valence-corrected chi connectivity index (χ1v) is 4.06. The van der Waals surface area contributed by atoms with Crippen molar-refractivity contribution in [2.45, 2.75) is 12.6 Å². The van der Waals surface area contributed by atoms with Crippen LogP contribution in [0.2, 0.25) is 0 Å². The van der Waals surface area contributed by atoms with Crippen LogP contribution in [0.3, 0.4) is 0 Å². The Morgan fingerprint density at radius 3 is 2.12 bits per heavy atom. The second-order valence-corrected chi connectivity index (χ2v) is 3.02. The zero-order valence-electron chi connectivity index (χ0n) is 7.86. The van der Waals surface area contributed by atoms with Gasteiger partial charge in [0.15, 0.2) is 0 Å². The van der Waals surface area contributed by atoms with E-state index in [4.69, 9.17) is 5.11 Å². The molecule has 2 nitrogen and oxygen atoms in total. The van der Waals surface area contributed by atoms with Crippen LogP contribution in [0.1, 0.15) is 27.9 Å². The third-order valence-electron chi connectivity index (χ3n) is 1.91. The van der Waals surface area contributed by atoms with Crippen molar-refractivity contribution in [3.8, 4) is 0 Å². The van der Waals surface area contributed by atoms with E-state index in [0.29, 0.717) is 0 Å². The SMILES string of the molecule is O=C(O)c1cc(C(F)(F)F)cc(F)c1C(F)F. The molecule has 1 rings (SSSR count). The number of hydrogen-bond acceptors (Lipinski definition) is 1. The molecule has 0 saturated carbocycles. The minimum atomic E-state index is -5.01. The Labute approximate surface area is 90.5 Å². The molecule has 0 aromatic heterocycles. The Morgan fingerprint density at radius 2 is 1.76 bits per heavy atom. The van der Waals surface area contributed by atoms with Crippen LogP contribution in [0.15, 0.2) is 12.1 Å². The van der Waals surface area contributed by atoms with Crippen LogP contribution in [0, 0.1) is 5.82 Å². The Kier molecular flexibility index (Phi) is 3.35. The first kappa shape index (κ1) is 13.3. The number of carbonyl (C=O) groups is 1. The number of hydrogen-bond donors (Lipinski definition) is 1. The average molecular weight is 258 g/mol. The minimum absolute atomic E-state index is 0.0209. The standard InChI is InChI=1S/C9H4F6O2/c10-5-2-3(9(13,14)15)1-4(8(16)17)6(5)7(11)12/h1-2,7H,(H,16,17). The number of benzene rings is 1. The summed E-state index contributed by atoms with van der Waals surface area (Å²) in [5.41, 5.74) is -4.57. The van der Waals surface area contributed by atoms with E-state index in [1.807, 2.05) is 0 Å². The molecular formula is C9H4F6O2. The van der Waals surface area contributed by atoms with E-state index < -0.39 is 41.1 Å². The lowest BCUT2D eigenvalue weighted by Gasteiger charge is -2.11. The summed E-state index contributed by atoms with van der Waals surface area (Å²) in [6, 6.07) is -0.180. The molecule has 0 radical (unpaired) electrons. The van der Waals surface area contributed by atoms with Gasteiger partial charge in [0.1, 0.15) is 5.82 Å². The van der Waals surface area contributed by atoms with Crippen LogP contribution in [-0.2, 0) is 6.18 Å². The largest absolute Gasteiger partial charge is 0.478 e. The van der Waals surface area contributed by atoms with Crippen molar-refractivity contribution in [2.75, 3.05) is 0 Å². The zero-order chi connectivity index (χ0) is 13.4. The maximum atomic E-state index is 13.0. The van der Waals surface area contributed by atoms with Crippen LogP contribution in [0.25, 0.3) is 0 Å². The van der Waals surface area contributed by atoms with Gasteiger partial charge >= 0.3 is 12.1 Å². The summed E-state index contributed by atoms with van der Waals surface area (Å²) >= 11 is 0. The van der Waals surface area contributed by atoms with Gasteiger partial charge in [0.2, 0.25) is 0 Å². The van der Waals surface area contributed by atoms with Crippen molar-refractivity contribution in [3.63, 3.8) is 0 Å². The highest BCUT2D eigenvalue weighted by Gasteiger charge is 2.34. The number of carboxylic acid groups (broad SMARTS) is 1.